The highest BCUT2D eigenvalue weighted by molar-refractivity contribution is 7.99. The molecule has 0 spiro atoms. The summed E-state index contributed by atoms with van der Waals surface area (Å²) < 4.78 is 32.9. The summed E-state index contributed by atoms with van der Waals surface area (Å²) in [5.74, 6) is -1.26. The second-order valence-corrected chi connectivity index (χ2v) is 7.82. The van der Waals surface area contributed by atoms with Gasteiger partial charge >= 0.3 is 0 Å². The second-order valence-electron chi connectivity index (χ2n) is 7.20. The minimum atomic E-state index is -0.639. The zero-order valence-electron chi connectivity index (χ0n) is 17.5. The Kier molecular flexibility index (Phi) is 6.23. The Bertz CT molecular complexity index is 1270. The maximum atomic E-state index is 14.5. The van der Waals surface area contributed by atoms with Gasteiger partial charge in [0, 0.05) is 66.1 Å². The maximum Gasteiger partial charge on any atom is 0.133 e. The van der Waals surface area contributed by atoms with Crippen LogP contribution in [-0.2, 0) is 7.05 Å². The lowest BCUT2D eigenvalue weighted by molar-refractivity contribution is 0.585. The molecule has 3 N–H and O–H groups in total. The molecular formula is C24H21F2N5S. The second kappa shape index (κ2) is 9.23. The van der Waals surface area contributed by atoms with Crippen molar-refractivity contribution in [2.24, 2.45) is 7.05 Å². The molecule has 1 aliphatic rings. The third kappa shape index (κ3) is 4.50. The van der Waals surface area contributed by atoms with Crippen molar-refractivity contribution < 1.29 is 8.78 Å². The Morgan fingerprint density at radius 3 is 2.66 bits per heavy atom. The molecule has 1 aliphatic heterocycles. The van der Waals surface area contributed by atoms with Crippen molar-refractivity contribution in [1.29, 1.82) is 5.41 Å². The maximum absolute atomic E-state index is 14.5. The lowest BCUT2D eigenvalue weighted by Crippen LogP contribution is -2.11. The summed E-state index contributed by atoms with van der Waals surface area (Å²) in [6.45, 7) is 0. The fourth-order valence-corrected chi connectivity index (χ4v) is 3.82. The van der Waals surface area contributed by atoms with Gasteiger partial charge in [0.2, 0.25) is 0 Å². The van der Waals surface area contributed by atoms with Crippen LogP contribution in [0.4, 0.5) is 14.5 Å². The molecule has 5 nitrogen and oxygen atoms in total. The van der Waals surface area contributed by atoms with Crippen LogP contribution < -0.4 is 10.0 Å². The average molecular weight is 450 g/mol. The number of allylic oxidation sites excluding steroid dienone is 4. The molecule has 0 aliphatic carbocycles. The number of halogens is 2. The number of dihydropyridines is 1. The number of nitrogens with zero attached hydrogens (tertiary/aromatic N) is 2. The molecule has 1 aromatic heterocycles. The highest BCUT2D eigenvalue weighted by Gasteiger charge is 2.14. The molecule has 0 bridgehead atoms. The van der Waals surface area contributed by atoms with E-state index in [4.69, 9.17) is 5.41 Å². The number of rotatable bonds is 6. The van der Waals surface area contributed by atoms with Crippen LogP contribution in [-0.4, -0.2) is 22.0 Å². The lowest BCUT2D eigenvalue weighted by atomic mass is 9.96. The third-order valence-corrected chi connectivity index (χ3v) is 5.39. The summed E-state index contributed by atoms with van der Waals surface area (Å²) in [6, 6.07) is 9.01. The van der Waals surface area contributed by atoms with Crippen molar-refractivity contribution in [2.45, 2.75) is 0 Å². The quantitative estimate of drug-likeness (QED) is 0.338. The van der Waals surface area contributed by atoms with Gasteiger partial charge < -0.3 is 20.0 Å². The van der Waals surface area contributed by atoms with E-state index in [1.54, 1.807) is 18.5 Å². The van der Waals surface area contributed by atoms with Crippen molar-refractivity contribution in [3.8, 4) is 11.1 Å². The van der Waals surface area contributed by atoms with E-state index >= 15 is 0 Å². The summed E-state index contributed by atoms with van der Waals surface area (Å²) >= 11 is 1.40. The van der Waals surface area contributed by atoms with Crippen LogP contribution >= 0.6 is 11.9 Å². The summed E-state index contributed by atoms with van der Waals surface area (Å²) in [6.07, 6.45) is 12.5. The molecule has 162 valence electrons. The van der Waals surface area contributed by atoms with Crippen molar-refractivity contribution in [2.75, 3.05) is 11.0 Å². The Hall–Kier alpha value is -3.65. The molecule has 0 fully saturated rings. The Morgan fingerprint density at radius 1 is 1.19 bits per heavy atom. The van der Waals surface area contributed by atoms with Gasteiger partial charge in [-0.05, 0) is 53.6 Å². The number of anilines is 1. The van der Waals surface area contributed by atoms with E-state index in [0.717, 1.165) is 34.3 Å². The summed E-state index contributed by atoms with van der Waals surface area (Å²) in [7, 11) is 1.91. The lowest BCUT2D eigenvalue weighted by Gasteiger charge is -2.16. The Morgan fingerprint density at radius 2 is 2.03 bits per heavy atom. The van der Waals surface area contributed by atoms with Gasteiger partial charge in [-0.3, -0.25) is 0 Å². The average Bonchev–Trinajstić information content (AvgIpc) is 3.21. The normalized spacial score (nSPS) is 14.6. The van der Waals surface area contributed by atoms with Crippen molar-refractivity contribution in [1.82, 2.24) is 14.9 Å². The first-order chi connectivity index (χ1) is 15.5. The number of hydrogen-bond acceptors (Lipinski definition) is 5. The van der Waals surface area contributed by atoms with Crippen LogP contribution in [0.1, 0.15) is 11.3 Å². The van der Waals surface area contributed by atoms with E-state index < -0.39 is 11.6 Å². The van der Waals surface area contributed by atoms with Crippen molar-refractivity contribution in [3.05, 3.63) is 95.9 Å². The monoisotopic (exact) mass is 449 g/mol. The summed E-state index contributed by atoms with van der Waals surface area (Å²) in [4.78, 5) is 4.35. The predicted molar refractivity (Wildman–Crippen MR) is 128 cm³/mol. The van der Waals surface area contributed by atoms with Gasteiger partial charge in [0.1, 0.15) is 11.6 Å². The van der Waals surface area contributed by atoms with Crippen molar-refractivity contribution in [3.63, 3.8) is 0 Å². The van der Waals surface area contributed by atoms with Crippen LogP contribution in [0, 0.1) is 17.0 Å². The topological polar surface area (TPSA) is 65.7 Å². The molecule has 0 saturated carbocycles. The smallest absolute Gasteiger partial charge is 0.133 e. The van der Waals surface area contributed by atoms with E-state index in [1.807, 2.05) is 48.5 Å². The summed E-state index contributed by atoms with van der Waals surface area (Å²) in [5, 5.41) is 11.3. The molecule has 4 rings (SSSR count). The highest BCUT2D eigenvalue weighted by Crippen LogP contribution is 2.32. The molecule has 8 heteroatoms. The van der Waals surface area contributed by atoms with Gasteiger partial charge in [0.05, 0.1) is 12.0 Å². The number of imidazole rings is 1. The Labute approximate surface area is 189 Å². The molecule has 0 atom stereocenters. The van der Waals surface area contributed by atoms with Gasteiger partial charge in [-0.15, -0.1) is 0 Å². The molecule has 32 heavy (non-hydrogen) atoms. The van der Waals surface area contributed by atoms with Crippen LogP contribution in [0.3, 0.4) is 0 Å². The van der Waals surface area contributed by atoms with Crippen LogP contribution in [0.15, 0.2) is 73.0 Å². The van der Waals surface area contributed by atoms with Gasteiger partial charge in [-0.1, -0.05) is 11.9 Å². The van der Waals surface area contributed by atoms with Gasteiger partial charge in [0.25, 0.3) is 0 Å². The number of aryl methyl sites for hydroxylation is 1. The molecule has 0 amide bonds. The fraction of sp³-hybridized carbons (Fsp3) is 0.0833. The first-order valence-electron chi connectivity index (χ1n) is 9.76. The molecule has 0 radical (unpaired) electrons. The first kappa shape index (κ1) is 21.6. The van der Waals surface area contributed by atoms with E-state index in [2.05, 4.69) is 15.0 Å². The third-order valence-electron chi connectivity index (χ3n) is 4.95. The molecular weight excluding hydrogens is 428 g/mol. The fourth-order valence-electron chi connectivity index (χ4n) is 3.47. The molecule has 0 unspecified atom stereocenters. The molecule has 2 heterocycles. The zero-order valence-corrected chi connectivity index (χ0v) is 18.3. The number of hydrogen-bond donors (Lipinski definition) is 3. The van der Waals surface area contributed by atoms with Crippen LogP contribution in [0.5, 0.6) is 0 Å². The molecule has 3 aromatic rings. The molecule has 0 saturated heterocycles. The first-order valence-corrected chi connectivity index (χ1v) is 11.0. The highest BCUT2D eigenvalue weighted by atomic mass is 32.2. The van der Waals surface area contributed by atoms with Crippen LogP contribution in [0.25, 0.3) is 22.3 Å². The summed E-state index contributed by atoms with van der Waals surface area (Å²) in [5.41, 5.74) is 5.46. The van der Waals surface area contributed by atoms with E-state index in [1.165, 1.54) is 30.3 Å². The van der Waals surface area contributed by atoms with Gasteiger partial charge in [-0.25, -0.2) is 13.8 Å². The minimum absolute atomic E-state index is 0.288. The van der Waals surface area contributed by atoms with Gasteiger partial charge in [0.15, 0.2) is 0 Å². The Balaban J connectivity index is 1.75. The number of aromatic nitrogens is 2. The number of benzene rings is 2. The zero-order chi connectivity index (χ0) is 22.7. The standard InChI is InChI=1S/C24H21F2N5S/c1-31-13-24(29-14-31)15-3-6-23(28-12-15)21(11-27)17-7-16(8-19(9-17)30-32-2)20-5-4-18(25)10-22(20)26/h3-14,27-28,30H,1-2H3/b23-21+,27-11?. The minimum Gasteiger partial charge on any atom is -0.360 e. The van der Waals surface area contributed by atoms with E-state index in [0.29, 0.717) is 11.1 Å². The van der Waals surface area contributed by atoms with Gasteiger partial charge in [-0.2, -0.15) is 0 Å². The SMILES string of the molecule is CSNc1cc(/C(C=N)=C2\C=CC(c3cn(C)cn3)=CN2)cc(-c2ccc(F)cc2F)c1. The van der Waals surface area contributed by atoms with E-state index in [-0.39, 0.29) is 5.56 Å². The number of nitrogens with one attached hydrogen (secondary N) is 3. The predicted octanol–water partition coefficient (Wildman–Crippen LogP) is 5.62. The van der Waals surface area contributed by atoms with E-state index in [9.17, 15) is 8.78 Å². The van der Waals surface area contributed by atoms with Crippen molar-refractivity contribution >= 4 is 35.0 Å². The molecule has 2 aromatic carbocycles. The van der Waals surface area contributed by atoms with Crippen LogP contribution in [0.2, 0.25) is 0 Å². The largest absolute Gasteiger partial charge is 0.360 e.